The van der Waals surface area contributed by atoms with Crippen molar-refractivity contribution in [1.29, 1.82) is 0 Å². The van der Waals surface area contributed by atoms with Crippen molar-refractivity contribution >= 4 is 24.7 Å². The summed E-state index contributed by atoms with van der Waals surface area (Å²) in [5.41, 5.74) is 2.22. The average molecular weight is 320 g/mol. The highest BCUT2D eigenvalue weighted by molar-refractivity contribution is 7.57. The molecule has 0 atom stereocenters. The number of benzene rings is 1. The Kier molecular flexibility index (Phi) is 5.46. The van der Waals surface area contributed by atoms with E-state index < -0.39 is 7.60 Å². The summed E-state index contributed by atoms with van der Waals surface area (Å²) in [4.78, 5) is 8.77. The minimum Gasteiger partial charge on any atom is -0.303 e. The van der Waals surface area contributed by atoms with Gasteiger partial charge in [-0.15, -0.1) is 0 Å². The summed E-state index contributed by atoms with van der Waals surface area (Å²) >= 11 is 0. The fourth-order valence-electron chi connectivity index (χ4n) is 1.90. The van der Waals surface area contributed by atoms with Gasteiger partial charge in [-0.2, -0.15) is 0 Å². The third-order valence-electron chi connectivity index (χ3n) is 2.61. The van der Waals surface area contributed by atoms with E-state index in [1.165, 1.54) is 5.82 Å². The van der Waals surface area contributed by atoms with Crippen molar-refractivity contribution in [2.45, 2.75) is 39.9 Å². The molecular weight excluding hydrogens is 299 g/mol. The first-order valence-corrected chi connectivity index (χ1v) is 8.87. The van der Waals surface area contributed by atoms with Crippen molar-refractivity contribution in [3.8, 4) is 0 Å². The van der Waals surface area contributed by atoms with E-state index in [9.17, 15) is 4.57 Å². The molecule has 0 N–H and O–H groups in total. The van der Waals surface area contributed by atoms with Crippen LogP contribution in [0.1, 0.15) is 33.4 Å². The molecule has 2 aromatic rings. The summed E-state index contributed by atoms with van der Waals surface area (Å²) in [6.07, 6.45) is 2.87. The first kappa shape index (κ1) is 16.8. The third kappa shape index (κ3) is 4.73. The predicted molar refractivity (Wildman–Crippen MR) is 88.6 cm³/mol. The van der Waals surface area contributed by atoms with Crippen molar-refractivity contribution < 1.29 is 13.6 Å². The van der Waals surface area contributed by atoms with Crippen molar-refractivity contribution in [3.63, 3.8) is 0 Å². The van der Waals surface area contributed by atoms with Crippen LogP contribution in [0.15, 0.2) is 36.3 Å². The van der Waals surface area contributed by atoms with Crippen LogP contribution < -0.4 is 0 Å². The molecular formula is C16H21N2O3P. The van der Waals surface area contributed by atoms with Gasteiger partial charge in [0, 0.05) is 5.82 Å². The van der Waals surface area contributed by atoms with Crippen LogP contribution in [0.4, 0.5) is 0 Å². The molecule has 0 fully saturated rings. The Morgan fingerprint density at radius 3 is 2.23 bits per heavy atom. The van der Waals surface area contributed by atoms with Gasteiger partial charge in [0.2, 0.25) is 0 Å². The molecule has 0 aliphatic heterocycles. The van der Waals surface area contributed by atoms with E-state index in [-0.39, 0.29) is 12.2 Å². The van der Waals surface area contributed by atoms with Crippen molar-refractivity contribution in [3.05, 3.63) is 42.0 Å². The Labute approximate surface area is 130 Å². The van der Waals surface area contributed by atoms with E-state index in [2.05, 4.69) is 9.97 Å². The van der Waals surface area contributed by atoms with Crippen LogP contribution in [-0.2, 0) is 13.6 Å². The molecule has 1 aromatic carbocycles. The third-order valence-corrected chi connectivity index (χ3v) is 4.56. The van der Waals surface area contributed by atoms with Gasteiger partial charge in [-0.3, -0.25) is 9.55 Å². The molecule has 0 aliphatic rings. The Balaban J connectivity index is 2.26. The van der Waals surface area contributed by atoms with Gasteiger partial charge in [0.05, 0.1) is 35.1 Å². The Hall–Kier alpha value is -1.55. The molecule has 22 heavy (non-hydrogen) atoms. The highest BCUT2D eigenvalue weighted by Crippen LogP contribution is 2.52. The lowest BCUT2D eigenvalue weighted by Crippen LogP contribution is -2.06. The lowest BCUT2D eigenvalue weighted by atomic mass is 10.3. The number of hydrogen-bond acceptors (Lipinski definition) is 5. The van der Waals surface area contributed by atoms with Crippen LogP contribution in [0.5, 0.6) is 0 Å². The number of nitrogens with zero attached hydrogens (tertiary/aromatic N) is 2. The predicted octanol–water partition coefficient (Wildman–Crippen LogP) is 4.64. The van der Waals surface area contributed by atoms with Gasteiger partial charge in [0.25, 0.3) is 0 Å². The van der Waals surface area contributed by atoms with Gasteiger partial charge in [0.15, 0.2) is 0 Å². The summed E-state index contributed by atoms with van der Waals surface area (Å²) in [6.45, 7) is 7.28. The fraction of sp³-hybridized carbons (Fsp3) is 0.375. The van der Waals surface area contributed by atoms with Gasteiger partial charge < -0.3 is 9.05 Å². The molecule has 0 saturated carbocycles. The van der Waals surface area contributed by atoms with E-state index in [0.717, 1.165) is 11.0 Å². The Morgan fingerprint density at radius 2 is 1.64 bits per heavy atom. The van der Waals surface area contributed by atoms with Gasteiger partial charge >= 0.3 is 7.60 Å². The zero-order chi connectivity index (χ0) is 16.2. The van der Waals surface area contributed by atoms with Gasteiger partial charge in [0.1, 0.15) is 0 Å². The molecule has 0 saturated heterocycles. The number of fused-ring (bicyclic) bond motifs is 1. The lowest BCUT2D eigenvalue weighted by Gasteiger charge is -2.19. The van der Waals surface area contributed by atoms with Gasteiger partial charge in [-0.05, 0) is 45.9 Å². The summed E-state index contributed by atoms with van der Waals surface area (Å²) in [7, 11) is -3.31. The monoisotopic (exact) mass is 320 g/mol. The molecule has 6 heteroatoms. The number of hydrogen-bond donors (Lipinski definition) is 0. The van der Waals surface area contributed by atoms with Crippen LogP contribution in [-0.4, -0.2) is 22.2 Å². The van der Waals surface area contributed by atoms with E-state index >= 15 is 0 Å². The van der Waals surface area contributed by atoms with E-state index in [0.29, 0.717) is 5.69 Å². The van der Waals surface area contributed by atoms with E-state index in [4.69, 9.17) is 9.05 Å². The summed E-state index contributed by atoms with van der Waals surface area (Å²) in [6, 6.07) is 7.59. The topological polar surface area (TPSA) is 61.3 Å². The number of rotatable bonds is 6. The molecule has 0 amide bonds. The number of para-hydroxylation sites is 2. The quantitative estimate of drug-likeness (QED) is 0.725. The second-order valence-corrected chi connectivity index (χ2v) is 7.25. The maximum atomic E-state index is 12.7. The average Bonchev–Trinajstić information content (AvgIpc) is 2.43. The highest BCUT2D eigenvalue weighted by atomic mass is 31.2. The SMILES string of the molecule is CC(C)OP(=O)(/C=C/c1cnc2ccccc2n1)OC(C)C. The molecule has 0 spiro atoms. The van der Waals surface area contributed by atoms with Crippen LogP contribution in [0, 0.1) is 0 Å². The molecule has 0 bridgehead atoms. The van der Waals surface area contributed by atoms with E-state index in [1.807, 2.05) is 52.0 Å². The first-order chi connectivity index (χ1) is 10.4. The maximum absolute atomic E-state index is 12.7. The number of aromatic nitrogens is 2. The van der Waals surface area contributed by atoms with E-state index in [1.54, 1.807) is 12.3 Å². The maximum Gasteiger partial charge on any atom is 0.354 e. The van der Waals surface area contributed by atoms with Crippen LogP contribution in [0.2, 0.25) is 0 Å². The molecule has 0 aliphatic carbocycles. The second-order valence-electron chi connectivity index (χ2n) is 5.45. The molecule has 0 unspecified atom stereocenters. The van der Waals surface area contributed by atoms with Crippen molar-refractivity contribution in [2.75, 3.05) is 0 Å². The van der Waals surface area contributed by atoms with Crippen LogP contribution in [0.25, 0.3) is 17.1 Å². The van der Waals surface area contributed by atoms with Gasteiger partial charge in [-0.1, -0.05) is 12.1 Å². The molecule has 0 radical (unpaired) electrons. The molecule has 1 aromatic heterocycles. The molecule has 118 valence electrons. The standard InChI is InChI=1S/C16H21N2O3P/c1-12(2)20-22(19,21-13(3)4)10-9-14-11-17-15-7-5-6-8-16(15)18-14/h5-13H,1-4H3/b10-9+. The summed E-state index contributed by atoms with van der Waals surface area (Å²) in [5, 5.41) is 0. The smallest absolute Gasteiger partial charge is 0.303 e. The summed E-state index contributed by atoms with van der Waals surface area (Å²) < 4.78 is 23.6. The second kappa shape index (κ2) is 7.14. The fourth-order valence-corrected chi connectivity index (χ4v) is 3.60. The van der Waals surface area contributed by atoms with Crippen molar-refractivity contribution in [1.82, 2.24) is 9.97 Å². The lowest BCUT2D eigenvalue weighted by molar-refractivity contribution is 0.149. The Bertz CT molecular complexity index is 699. The first-order valence-electron chi connectivity index (χ1n) is 7.25. The van der Waals surface area contributed by atoms with Crippen molar-refractivity contribution in [2.24, 2.45) is 0 Å². The van der Waals surface area contributed by atoms with Crippen LogP contribution >= 0.6 is 7.60 Å². The minimum atomic E-state index is -3.31. The molecule has 5 nitrogen and oxygen atoms in total. The zero-order valence-electron chi connectivity index (χ0n) is 13.3. The molecule has 1 heterocycles. The van der Waals surface area contributed by atoms with Crippen LogP contribution in [0.3, 0.4) is 0 Å². The minimum absolute atomic E-state index is 0.197. The zero-order valence-corrected chi connectivity index (χ0v) is 14.2. The largest absolute Gasteiger partial charge is 0.354 e. The summed E-state index contributed by atoms with van der Waals surface area (Å²) in [5.74, 6) is 1.45. The highest BCUT2D eigenvalue weighted by Gasteiger charge is 2.24. The Morgan fingerprint density at radius 1 is 1.05 bits per heavy atom. The normalized spacial score (nSPS) is 12.8. The van der Waals surface area contributed by atoms with Gasteiger partial charge in [-0.25, -0.2) is 4.98 Å². The molecule has 2 rings (SSSR count).